The SMILES string of the molecule is Cc1cc(N=Nc2c(C)[nH]n(-c3ccc4c(c3)C(C)(C)CC4(C)C)c2=O)c(O)c(-c2ccc(C(=O)O)o2)c1. The van der Waals surface area contributed by atoms with E-state index in [1.165, 1.54) is 27.9 Å². The van der Waals surface area contributed by atoms with Crippen LogP contribution in [-0.4, -0.2) is 26.0 Å². The predicted molar refractivity (Wildman–Crippen MR) is 143 cm³/mol. The second kappa shape index (κ2) is 8.58. The number of nitrogens with zero attached hydrogens (tertiary/aromatic N) is 3. The molecule has 0 fully saturated rings. The number of rotatable bonds is 5. The number of fused-ring (bicyclic) bond motifs is 1. The third-order valence-corrected chi connectivity index (χ3v) is 7.22. The number of carbonyl (C=O) groups is 1. The molecule has 0 bridgehead atoms. The molecule has 196 valence electrons. The first-order chi connectivity index (χ1) is 17.8. The molecule has 2 aromatic heterocycles. The molecule has 0 radical (unpaired) electrons. The van der Waals surface area contributed by atoms with E-state index in [-0.39, 0.29) is 50.6 Å². The lowest BCUT2D eigenvalue weighted by molar-refractivity contribution is 0.0663. The number of aromatic carboxylic acids is 1. The summed E-state index contributed by atoms with van der Waals surface area (Å²) in [5.74, 6) is -1.50. The molecule has 2 heterocycles. The monoisotopic (exact) mass is 514 g/mol. The summed E-state index contributed by atoms with van der Waals surface area (Å²) < 4.78 is 6.81. The molecular weight excluding hydrogens is 484 g/mol. The van der Waals surface area contributed by atoms with Crippen molar-refractivity contribution in [1.29, 1.82) is 0 Å². The average molecular weight is 515 g/mol. The van der Waals surface area contributed by atoms with Crippen LogP contribution >= 0.6 is 0 Å². The number of carboxylic acid groups (broad SMARTS) is 1. The van der Waals surface area contributed by atoms with Gasteiger partial charge in [-0.25, -0.2) is 9.48 Å². The summed E-state index contributed by atoms with van der Waals surface area (Å²) >= 11 is 0. The van der Waals surface area contributed by atoms with Gasteiger partial charge in [0.1, 0.15) is 11.4 Å². The first-order valence-corrected chi connectivity index (χ1v) is 12.3. The molecular formula is C29H30N4O5. The van der Waals surface area contributed by atoms with Gasteiger partial charge in [-0.15, -0.1) is 10.2 Å². The molecule has 0 unspecified atom stereocenters. The fourth-order valence-electron chi connectivity index (χ4n) is 5.68. The number of aryl methyl sites for hydroxylation is 2. The van der Waals surface area contributed by atoms with Gasteiger partial charge in [-0.3, -0.25) is 9.89 Å². The number of aromatic amines is 1. The molecule has 4 aromatic rings. The predicted octanol–water partition coefficient (Wildman–Crippen LogP) is 6.82. The molecule has 0 amide bonds. The quantitative estimate of drug-likeness (QED) is 0.251. The van der Waals surface area contributed by atoms with Gasteiger partial charge in [0.2, 0.25) is 5.76 Å². The van der Waals surface area contributed by atoms with Crippen molar-refractivity contribution in [3.05, 3.63) is 81.0 Å². The highest BCUT2D eigenvalue weighted by Crippen LogP contribution is 2.49. The standard InChI is InChI=1S/C29H30N4O5/c1-15-11-18(22-9-10-23(38-22)27(36)37)25(34)21(12-15)30-31-24-16(2)32-33(26(24)35)17-7-8-19-20(13-17)29(5,6)14-28(19,3)4/h7-13,32,34H,14H2,1-6H3,(H,36,37). The smallest absolute Gasteiger partial charge is 0.371 e. The van der Waals surface area contributed by atoms with Gasteiger partial charge in [0, 0.05) is 0 Å². The van der Waals surface area contributed by atoms with Gasteiger partial charge < -0.3 is 14.6 Å². The number of aromatic nitrogens is 2. The molecule has 9 heteroatoms. The highest BCUT2D eigenvalue weighted by molar-refractivity contribution is 5.86. The van der Waals surface area contributed by atoms with Gasteiger partial charge >= 0.3 is 5.97 Å². The maximum Gasteiger partial charge on any atom is 0.371 e. The number of furan rings is 1. The Balaban J connectivity index is 1.52. The third kappa shape index (κ3) is 4.13. The van der Waals surface area contributed by atoms with E-state index in [2.05, 4.69) is 55.2 Å². The van der Waals surface area contributed by atoms with Crippen LogP contribution in [0.5, 0.6) is 5.75 Å². The zero-order valence-corrected chi connectivity index (χ0v) is 22.2. The number of azo groups is 1. The van der Waals surface area contributed by atoms with Crippen molar-refractivity contribution in [2.24, 2.45) is 10.2 Å². The van der Waals surface area contributed by atoms with Crippen molar-refractivity contribution < 1.29 is 19.4 Å². The second-order valence-corrected chi connectivity index (χ2v) is 11.2. The fourth-order valence-corrected chi connectivity index (χ4v) is 5.68. The van der Waals surface area contributed by atoms with Crippen molar-refractivity contribution in [3.63, 3.8) is 0 Å². The Labute approximate surface area is 219 Å². The number of phenolic OH excluding ortho intramolecular Hbond substituents is 1. The Kier molecular flexibility index (Phi) is 5.70. The van der Waals surface area contributed by atoms with E-state index in [1.807, 2.05) is 6.07 Å². The van der Waals surface area contributed by atoms with E-state index < -0.39 is 5.97 Å². The van der Waals surface area contributed by atoms with Crippen LogP contribution in [0.4, 0.5) is 11.4 Å². The summed E-state index contributed by atoms with van der Waals surface area (Å²) in [4.78, 5) is 24.5. The number of hydrogen-bond acceptors (Lipinski definition) is 6. The summed E-state index contributed by atoms with van der Waals surface area (Å²) in [6.07, 6.45) is 1.02. The summed E-state index contributed by atoms with van der Waals surface area (Å²) in [5, 5.41) is 31.5. The Morgan fingerprint density at radius 3 is 2.39 bits per heavy atom. The van der Waals surface area contributed by atoms with Crippen molar-refractivity contribution in [1.82, 2.24) is 9.78 Å². The van der Waals surface area contributed by atoms with E-state index in [0.717, 1.165) is 17.7 Å². The van der Waals surface area contributed by atoms with Crippen LogP contribution in [0, 0.1) is 13.8 Å². The zero-order chi connectivity index (χ0) is 27.6. The van der Waals surface area contributed by atoms with E-state index in [0.29, 0.717) is 5.69 Å². The number of hydrogen-bond donors (Lipinski definition) is 3. The van der Waals surface area contributed by atoms with Crippen LogP contribution in [0.3, 0.4) is 0 Å². The van der Waals surface area contributed by atoms with Gasteiger partial charge in [0.05, 0.1) is 16.9 Å². The molecule has 5 rings (SSSR count). The summed E-state index contributed by atoms with van der Waals surface area (Å²) in [6, 6.07) is 12.2. The molecule has 9 nitrogen and oxygen atoms in total. The number of carboxylic acids is 1. The third-order valence-electron chi connectivity index (χ3n) is 7.22. The van der Waals surface area contributed by atoms with Crippen molar-refractivity contribution >= 4 is 17.3 Å². The first-order valence-electron chi connectivity index (χ1n) is 12.3. The van der Waals surface area contributed by atoms with Crippen LogP contribution in [0.1, 0.15) is 67.1 Å². The lowest BCUT2D eigenvalue weighted by Gasteiger charge is -2.22. The maximum absolute atomic E-state index is 13.4. The van der Waals surface area contributed by atoms with Crippen molar-refractivity contribution in [2.75, 3.05) is 0 Å². The summed E-state index contributed by atoms with van der Waals surface area (Å²) in [5.41, 5.74) is 4.73. The van der Waals surface area contributed by atoms with Gasteiger partial charge in [-0.1, -0.05) is 33.8 Å². The Bertz CT molecular complexity index is 1680. The number of phenols is 1. The topological polar surface area (TPSA) is 133 Å². The van der Waals surface area contributed by atoms with Gasteiger partial charge in [-0.05, 0) is 84.2 Å². The van der Waals surface area contributed by atoms with Gasteiger partial charge in [-0.2, -0.15) is 0 Å². The summed E-state index contributed by atoms with van der Waals surface area (Å²) in [6.45, 7) is 12.5. The first kappa shape index (κ1) is 25.3. The van der Waals surface area contributed by atoms with E-state index in [4.69, 9.17) is 9.52 Å². The molecule has 0 atom stereocenters. The number of aromatic hydroxyl groups is 1. The minimum atomic E-state index is -1.21. The number of benzene rings is 2. The molecule has 1 aliphatic carbocycles. The lowest BCUT2D eigenvalue weighted by Crippen LogP contribution is -2.18. The molecule has 0 saturated carbocycles. The molecule has 38 heavy (non-hydrogen) atoms. The minimum absolute atomic E-state index is 0.0117. The van der Waals surface area contributed by atoms with Crippen LogP contribution < -0.4 is 5.56 Å². The molecule has 0 saturated heterocycles. The van der Waals surface area contributed by atoms with Crippen LogP contribution in [0.25, 0.3) is 17.0 Å². The number of H-pyrrole nitrogens is 1. The average Bonchev–Trinajstić information content (AvgIpc) is 3.48. The molecule has 3 N–H and O–H groups in total. The Morgan fingerprint density at radius 2 is 1.71 bits per heavy atom. The lowest BCUT2D eigenvalue weighted by atomic mass is 9.82. The maximum atomic E-state index is 13.4. The van der Waals surface area contributed by atoms with Gasteiger partial charge in [0.25, 0.3) is 5.56 Å². The van der Waals surface area contributed by atoms with Crippen molar-refractivity contribution in [2.45, 2.75) is 58.8 Å². The van der Waals surface area contributed by atoms with Crippen molar-refractivity contribution in [3.8, 4) is 22.8 Å². The molecule has 0 aliphatic heterocycles. The normalized spacial score (nSPS) is 15.7. The van der Waals surface area contributed by atoms with E-state index >= 15 is 0 Å². The van der Waals surface area contributed by atoms with Gasteiger partial charge in [0.15, 0.2) is 11.4 Å². The largest absolute Gasteiger partial charge is 0.505 e. The molecule has 2 aromatic carbocycles. The summed E-state index contributed by atoms with van der Waals surface area (Å²) in [7, 11) is 0. The fraction of sp³-hybridized carbons (Fsp3) is 0.310. The molecule has 0 spiro atoms. The van der Waals surface area contributed by atoms with E-state index in [1.54, 1.807) is 26.0 Å². The van der Waals surface area contributed by atoms with E-state index in [9.17, 15) is 14.7 Å². The Hall–Kier alpha value is -4.40. The minimum Gasteiger partial charge on any atom is -0.505 e. The van der Waals surface area contributed by atoms with Crippen LogP contribution in [0.2, 0.25) is 0 Å². The Morgan fingerprint density at radius 1 is 1.00 bits per heavy atom. The molecule has 1 aliphatic rings. The second-order valence-electron chi connectivity index (χ2n) is 11.2. The highest BCUT2D eigenvalue weighted by Gasteiger charge is 2.41. The number of nitrogens with one attached hydrogen (secondary N) is 1. The zero-order valence-electron chi connectivity index (χ0n) is 22.2. The van der Waals surface area contributed by atoms with Crippen LogP contribution in [0.15, 0.2) is 61.9 Å². The highest BCUT2D eigenvalue weighted by atomic mass is 16.4. The van der Waals surface area contributed by atoms with Crippen LogP contribution in [-0.2, 0) is 10.8 Å².